The fourth-order valence-corrected chi connectivity index (χ4v) is 6.51. The van der Waals surface area contributed by atoms with Crippen molar-refractivity contribution in [2.24, 2.45) is 10.8 Å². The predicted molar refractivity (Wildman–Crippen MR) is 223 cm³/mol. The lowest BCUT2D eigenvalue weighted by Crippen LogP contribution is -2.40. The number of carbonyl (C=O) groups excluding carboxylic acids is 4. The molecule has 0 radical (unpaired) electrons. The highest BCUT2D eigenvalue weighted by Crippen LogP contribution is 2.42. The fourth-order valence-electron chi connectivity index (χ4n) is 6.51. The van der Waals surface area contributed by atoms with E-state index in [1.54, 1.807) is 96.2 Å². The van der Waals surface area contributed by atoms with Crippen LogP contribution in [0.15, 0.2) is 96.6 Å². The molecule has 3 aromatic carbocycles. The molecule has 0 fully saturated rings. The van der Waals surface area contributed by atoms with Crippen molar-refractivity contribution < 1.29 is 38.1 Å². The average molecular weight is 780 g/mol. The highest BCUT2D eigenvalue weighted by atomic mass is 16.6. The van der Waals surface area contributed by atoms with Gasteiger partial charge in [-0.1, -0.05) is 49.4 Å². The summed E-state index contributed by atoms with van der Waals surface area (Å²) in [5.74, 6) is -1.05. The average Bonchev–Trinajstić information content (AvgIpc) is 3.14. The van der Waals surface area contributed by atoms with E-state index >= 15 is 0 Å². The molecule has 306 valence electrons. The zero-order chi connectivity index (χ0) is 42.3. The van der Waals surface area contributed by atoms with Gasteiger partial charge in [0.25, 0.3) is 0 Å². The Morgan fingerprint density at radius 3 is 1.91 bits per heavy atom. The van der Waals surface area contributed by atoms with Crippen molar-refractivity contribution in [3.05, 3.63) is 119 Å². The molecule has 0 saturated carbocycles. The normalized spacial score (nSPS) is 16.9. The number of hydrogen-bond donors (Lipinski definition) is 0. The Morgan fingerprint density at radius 1 is 0.754 bits per heavy atom. The van der Waals surface area contributed by atoms with E-state index in [0.29, 0.717) is 47.6 Å². The topological polar surface area (TPSA) is 108 Å². The van der Waals surface area contributed by atoms with Gasteiger partial charge >= 0.3 is 23.9 Å². The molecular weight excluding hydrogens is 719 g/mol. The molecular formula is C48H61NO8. The number of hydrogen-bond acceptors (Lipinski definition) is 9. The maximum Gasteiger partial charge on any atom is 0.343 e. The third-order valence-corrected chi connectivity index (χ3v) is 10.2. The van der Waals surface area contributed by atoms with Gasteiger partial charge in [-0.2, -0.15) is 0 Å². The minimum Gasteiger partial charge on any atom is -0.457 e. The number of nitrogens with zero attached hydrogens (tertiary/aromatic N) is 1. The van der Waals surface area contributed by atoms with Gasteiger partial charge in [0.1, 0.15) is 23.7 Å². The molecule has 1 aliphatic carbocycles. The van der Waals surface area contributed by atoms with Crippen molar-refractivity contribution in [2.75, 3.05) is 6.54 Å². The van der Waals surface area contributed by atoms with E-state index in [1.807, 2.05) is 31.2 Å². The lowest BCUT2D eigenvalue weighted by atomic mass is 9.72. The predicted octanol–water partition coefficient (Wildman–Crippen LogP) is 9.95. The first-order chi connectivity index (χ1) is 26.5. The van der Waals surface area contributed by atoms with E-state index in [-0.39, 0.29) is 18.5 Å². The summed E-state index contributed by atoms with van der Waals surface area (Å²) in [6.07, 6.45) is 6.13. The van der Waals surface area contributed by atoms with Crippen LogP contribution in [-0.4, -0.2) is 53.0 Å². The van der Waals surface area contributed by atoms with Crippen LogP contribution in [0.1, 0.15) is 123 Å². The van der Waals surface area contributed by atoms with E-state index in [9.17, 15) is 19.2 Å². The van der Waals surface area contributed by atoms with Gasteiger partial charge in [0.15, 0.2) is 0 Å². The Balaban J connectivity index is 1.66. The molecule has 0 aliphatic heterocycles. The lowest BCUT2D eigenvalue weighted by Gasteiger charge is -2.37. The van der Waals surface area contributed by atoms with Crippen LogP contribution in [0.25, 0.3) is 0 Å². The van der Waals surface area contributed by atoms with Crippen LogP contribution in [0.2, 0.25) is 0 Å². The van der Waals surface area contributed by atoms with Crippen LogP contribution in [0.5, 0.6) is 11.5 Å². The van der Waals surface area contributed by atoms with Crippen molar-refractivity contribution in [3.8, 4) is 11.5 Å². The first kappa shape index (κ1) is 44.7. The summed E-state index contributed by atoms with van der Waals surface area (Å²) < 4.78 is 23.3. The Kier molecular flexibility index (Phi) is 14.2. The number of esters is 4. The van der Waals surface area contributed by atoms with Gasteiger partial charge < -0.3 is 18.9 Å². The highest BCUT2D eigenvalue weighted by molar-refractivity contribution is 5.92. The van der Waals surface area contributed by atoms with Gasteiger partial charge in [0.2, 0.25) is 0 Å². The second-order valence-corrected chi connectivity index (χ2v) is 18.0. The van der Waals surface area contributed by atoms with Gasteiger partial charge in [-0.15, -0.1) is 0 Å². The summed E-state index contributed by atoms with van der Waals surface area (Å²) >= 11 is 0. The largest absolute Gasteiger partial charge is 0.457 e. The molecule has 2 unspecified atom stereocenters. The molecule has 57 heavy (non-hydrogen) atoms. The zero-order valence-corrected chi connectivity index (χ0v) is 35.9. The summed E-state index contributed by atoms with van der Waals surface area (Å²) in [7, 11) is 0. The van der Waals surface area contributed by atoms with Crippen molar-refractivity contribution >= 4 is 23.9 Å². The second kappa shape index (κ2) is 18.1. The van der Waals surface area contributed by atoms with Gasteiger partial charge in [-0.3, -0.25) is 14.5 Å². The van der Waals surface area contributed by atoms with Gasteiger partial charge in [-0.05, 0) is 149 Å². The van der Waals surface area contributed by atoms with E-state index < -0.39 is 33.8 Å². The highest BCUT2D eigenvalue weighted by Gasteiger charge is 2.36. The molecule has 0 heterocycles. The third kappa shape index (κ3) is 11.8. The van der Waals surface area contributed by atoms with Crippen LogP contribution >= 0.6 is 0 Å². The van der Waals surface area contributed by atoms with Gasteiger partial charge in [-0.25, -0.2) is 9.59 Å². The molecule has 9 nitrogen and oxygen atoms in total. The minimum absolute atomic E-state index is 0.0226. The molecule has 4 rings (SSSR count). The van der Waals surface area contributed by atoms with E-state index in [1.165, 1.54) is 0 Å². The Morgan fingerprint density at radius 2 is 1.37 bits per heavy atom. The summed E-state index contributed by atoms with van der Waals surface area (Å²) in [6, 6.07) is 22.6. The SMILES string of the molecule is CC(C)N(CCC(C)(c1ccccc1)c1cc(COC(=O)C2=CCC(C)(OC(=O)C(C)(C)C)C=C2)ccc1OC(=O)c1ccc(OC(=O)C(C)(C)C)cc1)C(C)C. The van der Waals surface area contributed by atoms with Crippen LogP contribution in [0.4, 0.5) is 0 Å². The molecule has 0 bridgehead atoms. The van der Waals surface area contributed by atoms with Crippen molar-refractivity contribution in [2.45, 2.75) is 126 Å². The smallest absolute Gasteiger partial charge is 0.343 e. The summed E-state index contributed by atoms with van der Waals surface area (Å²) in [5, 5.41) is 0. The van der Waals surface area contributed by atoms with Crippen molar-refractivity contribution in [3.63, 3.8) is 0 Å². The maximum atomic E-state index is 13.7. The van der Waals surface area contributed by atoms with Gasteiger partial charge in [0, 0.05) is 29.5 Å². The monoisotopic (exact) mass is 779 g/mol. The minimum atomic E-state index is -0.861. The Bertz CT molecular complexity index is 1960. The number of rotatable bonds is 14. The van der Waals surface area contributed by atoms with Crippen molar-refractivity contribution in [1.29, 1.82) is 0 Å². The molecule has 0 N–H and O–H groups in total. The lowest BCUT2D eigenvalue weighted by molar-refractivity contribution is -0.163. The standard InChI is InChI=1S/C48H61NO8/c1-32(2)49(33(3)4)29-28-48(12,37-16-14-13-15-17-37)39-30-34(31-54-41(50)36-24-26-47(11,27-25-36)57-44(53)46(8,9)10)18-23-40(39)56-42(51)35-19-21-38(22-20-35)55-43(52)45(5,6)7/h13-26,30,32-33H,27-29,31H2,1-12H3. The maximum absolute atomic E-state index is 13.7. The summed E-state index contributed by atoms with van der Waals surface area (Å²) in [5.41, 5.74) is 0.379. The molecule has 0 spiro atoms. The molecule has 2 atom stereocenters. The van der Waals surface area contributed by atoms with Crippen molar-refractivity contribution in [1.82, 2.24) is 4.90 Å². The molecule has 9 heteroatoms. The van der Waals surface area contributed by atoms with E-state index in [2.05, 4.69) is 51.7 Å². The molecule has 1 aliphatic rings. The van der Waals surface area contributed by atoms with Crippen LogP contribution in [-0.2, 0) is 35.9 Å². The van der Waals surface area contributed by atoms with E-state index in [0.717, 1.165) is 23.2 Å². The molecule has 0 aromatic heterocycles. The summed E-state index contributed by atoms with van der Waals surface area (Å²) in [6.45, 7) is 24.2. The Hall–Kier alpha value is -5.02. The fraction of sp³-hybridized carbons (Fsp3) is 0.458. The first-order valence-electron chi connectivity index (χ1n) is 19.8. The summed E-state index contributed by atoms with van der Waals surface area (Å²) in [4.78, 5) is 54.5. The first-order valence-corrected chi connectivity index (χ1v) is 19.8. The molecule has 0 saturated heterocycles. The number of carbonyl (C=O) groups is 4. The van der Waals surface area contributed by atoms with Crippen LogP contribution < -0.4 is 9.47 Å². The zero-order valence-electron chi connectivity index (χ0n) is 35.9. The number of ether oxygens (including phenoxy) is 4. The number of benzene rings is 3. The van der Waals surface area contributed by atoms with Crippen LogP contribution in [0, 0.1) is 10.8 Å². The van der Waals surface area contributed by atoms with Crippen LogP contribution in [0.3, 0.4) is 0 Å². The second-order valence-electron chi connectivity index (χ2n) is 18.0. The molecule has 3 aromatic rings. The van der Waals surface area contributed by atoms with E-state index in [4.69, 9.17) is 18.9 Å². The third-order valence-electron chi connectivity index (χ3n) is 10.2. The molecule has 0 amide bonds. The quantitative estimate of drug-likeness (QED) is 0.117. The Labute approximate surface area is 339 Å². The van der Waals surface area contributed by atoms with Gasteiger partial charge in [0.05, 0.1) is 22.0 Å².